The molecule has 5 heterocycles. The largest absolute Gasteiger partial charge is 0.392 e. The van der Waals surface area contributed by atoms with Gasteiger partial charge in [0, 0.05) is 48.7 Å². The Kier molecular flexibility index (Phi) is 7.40. The molecule has 12 nitrogen and oxygen atoms in total. The fourth-order valence-electron chi connectivity index (χ4n) is 6.67. The second-order valence-electron chi connectivity index (χ2n) is 13.4. The normalized spacial score (nSPS) is 18.0. The molecule has 2 saturated heterocycles. The first kappa shape index (κ1) is 30.6. The summed E-state index contributed by atoms with van der Waals surface area (Å²) in [4.78, 5) is 40.5. The molecule has 2 aromatic carbocycles. The maximum atomic E-state index is 15.4. The molecule has 2 atom stereocenters. The van der Waals surface area contributed by atoms with Gasteiger partial charge in [-0.2, -0.15) is 14.9 Å². The predicted octanol–water partition coefficient (Wildman–Crippen LogP) is 3.50. The molecule has 13 heteroatoms. The highest BCUT2D eigenvalue weighted by Crippen LogP contribution is 2.33. The number of hydrogen-bond donors (Lipinski definition) is 2. The van der Waals surface area contributed by atoms with Crippen molar-refractivity contribution in [3.05, 3.63) is 92.6 Å². The van der Waals surface area contributed by atoms with Crippen molar-refractivity contribution in [2.45, 2.75) is 51.3 Å². The highest BCUT2D eigenvalue weighted by molar-refractivity contribution is 5.83. The summed E-state index contributed by atoms with van der Waals surface area (Å²) in [6.07, 6.45) is 5.88. The fourth-order valence-corrected chi connectivity index (χ4v) is 6.67. The second-order valence-corrected chi connectivity index (χ2v) is 13.4. The van der Waals surface area contributed by atoms with Crippen LogP contribution in [-0.4, -0.2) is 71.8 Å². The van der Waals surface area contributed by atoms with Crippen molar-refractivity contribution >= 4 is 28.1 Å². The Morgan fingerprint density at radius 3 is 2.47 bits per heavy atom. The first-order valence-electron chi connectivity index (χ1n) is 15.5. The Labute approximate surface area is 270 Å². The molecule has 5 aromatic rings. The zero-order chi connectivity index (χ0) is 33.2. The van der Waals surface area contributed by atoms with Crippen LogP contribution in [0, 0.1) is 5.82 Å². The number of likely N-dealkylation sites (tertiary alicyclic amines) is 1. The van der Waals surface area contributed by atoms with E-state index in [2.05, 4.69) is 42.3 Å². The van der Waals surface area contributed by atoms with Gasteiger partial charge >= 0.3 is 0 Å². The average molecular weight is 638 g/mol. The molecule has 2 N–H and O–H groups in total. The van der Waals surface area contributed by atoms with Crippen molar-refractivity contribution in [1.82, 2.24) is 34.4 Å². The summed E-state index contributed by atoms with van der Waals surface area (Å²) in [5.41, 5.74) is 1.02. The van der Waals surface area contributed by atoms with Gasteiger partial charge in [-0.05, 0) is 48.7 Å². The highest BCUT2D eigenvalue weighted by Gasteiger charge is 2.42. The predicted molar refractivity (Wildman–Crippen MR) is 178 cm³/mol. The zero-order valence-electron chi connectivity index (χ0n) is 26.9. The number of benzene rings is 2. The number of nitrogens with zero attached hydrogens (tertiary/aromatic N) is 8. The summed E-state index contributed by atoms with van der Waals surface area (Å²) in [6, 6.07) is 10.7. The summed E-state index contributed by atoms with van der Waals surface area (Å²) < 4.78 is 17.6. The lowest BCUT2D eigenvalue weighted by Gasteiger charge is -2.32. The number of hydrogen-bond acceptors (Lipinski definition) is 10. The lowest BCUT2D eigenvalue weighted by atomic mass is 9.86. The lowest BCUT2D eigenvalue weighted by molar-refractivity contribution is 0.281. The molecule has 7 rings (SSSR count). The molecule has 47 heavy (non-hydrogen) atoms. The molecule has 0 unspecified atom stereocenters. The first-order valence-corrected chi connectivity index (χ1v) is 15.5. The van der Waals surface area contributed by atoms with Crippen LogP contribution in [0.1, 0.15) is 38.3 Å². The van der Waals surface area contributed by atoms with E-state index in [-0.39, 0.29) is 22.2 Å². The molecular formula is C34H36FN9O3. The van der Waals surface area contributed by atoms with Crippen LogP contribution in [0.2, 0.25) is 0 Å². The maximum Gasteiger partial charge on any atom is 0.290 e. The quantitative estimate of drug-likeness (QED) is 0.285. The van der Waals surface area contributed by atoms with E-state index < -0.39 is 23.5 Å². The standard InChI is InChI=1S/C34H36FN9O3/c1-34(2,3)20-9-19-13-38-44(33(47)31(19)25(35)10-20)28-8-6-7-23(24(28)18-45)26-12-27(32(46)42(5)40-26)39-29-14-37-30(15-36-29)43-17-21-11-22(43)16-41(21)4/h6-10,12-15,21-22,45H,11,16-18H2,1-5H3,(H,36,39)/t21-,22+/m0/s1. The number of aliphatic hydroxyl groups is 1. The van der Waals surface area contributed by atoms with Crippen LogP contribution in [-0.2, 0) is 19.1 Å². The number of rotatable bonds is 6. The van der Waals surface area contributed by atoms with Crippen molar-refractivity contribution < 1.29 is 9.50 Å². The molecule has 2 aliphatic rings. The van der Waals surface area contributed by atoms with Crippen LogP contribution < -0.4 is 21.3 Å². The minimum atomic E-state index is -0.654. The third-order valence-electron chi connectivity index (χ3n) is 9.29. The zero-order valence-corrected chi connectivity index (χ0v) is 26.9. The summed E-state index contributed by atoms with van der Waals surface area (Å²) in [5.74, 6) is 0.558. The van der Waals surface area contributed by atoms with Gasteiger partial charge in [-0.25, -0.2) is 19.0 Å². The molecule has 2 fully saturated rings. The van der Waals surface area contributed by atoms with E-state index in [9.17, 15) is 14.7 Å². The van der Waals surface area contributed by atoms with Crippen LogP contribution in [0.4, 0.5) is 21.7 Å². The number of aliphatic hydroxyl groups excluding tert-OH is 1. The Balaban J connectivity index is 1.23. The van der Waals surface area contributed by atoms with E-state index in [1.54, 1.807) is 42.7 Å². The van der Waals surface area contributed by atoms with E-state index in [0.29, 0.717) is 40.1 Å². The van der Waals surface area contributed by atoms with Crippen molar-refractivity contribution in [3.8, 4) is 16.9 Å². The van der Waals surface area contributed by atoms with Crippen molar-refractivity contribution in [2.75, 3.05) is 30.4 Å². The molecule has 2 aliphatic heterocycles. The fraction of sp³-hybridized carbons (Fsp3) is 0.353. The van der Waals surface area contributed by atoms with Gasteiger partial charge in [-0.1, -0.05) is 32.9 Å². The minimum Gasteiger partial charge on any atom is -0.392 e. The van der Waals surface area contributed by atoms with E-state index in [1.807, 2.05) is 20.8 Å². The third kappa shape index (κ3) is 5.34. The Morgan fingerprint density at radius 2 is 1.81 bits per heavy atom. The molecule has 0 aliphatic carbocycles. The molecule has 3 aromatic heterocycles. The Morgan fingerprint density at radius 1 is 1.00 bits per heavy atom. The molecule has 2 bridgehead atoms. The topological polar surface area (TPSA) is 134 Å². The molecule has 0 saturated carbocycles. The third-order valence-corrected chi connectivity index (χ3v) is 9.29. The smallest absolute Gasteiger partial charge is 0.290 e. The van der Waals surface area contributed by atoms with E-state index in [0.717, 1.165) is 35.6 Å². The van der Waals surface area contributed by atoms with Crippen molar-refractivity contribution in [1.29, 1.82) is 0 Å². The van der Waals surface area contributed by atoms with E-state index in [4.69, 9.17) is 0 Å². The van der Waals surface area contributed by atoms with Gasteiger partial charge in [0.2, 0.25) is 0 Å². The number of aryl methyl sites for hydroxylation is 1. The maximum absolute atomic E-state index is 15.4. The van der Waals surface area contributed by atoms with E-state index in [1.165, 1.54) is 24.0 Å². The number of piperazine rings is 1. The van der Waals surface area contributed by atoms with Crippen LogP contribution in [0.25, 0.3) is 27.7 Å². The highest BCUT2D eigenvalue weighted by atomic mass is 19.1. The molecule has 242 valence electrons. The van der Waals surface area contributed by atoms with E-state index >= 15 is 4.39 Å². The first-order chi connectivity index (χ1) is 22.4. The summed E-state index contributed by atoms with van der Waals surface area (Å²) in [5, 5.41) is 22.7. The van der Waals surface area contributed by atoms with Gasteiger partial charge in [0.15, 0.2) is 0 Å². The van der Waals surface area contributed by atoms with Crippen LogP contribution >= 0.6 is 0 Å². The van der Waals surface area contributed by atoms with Crippen LogP contribution in [0.5, 0.6) is 0 Å². The molecular weight excluding hydrogens is 601 g/mol. The summed E-state index contributed by atoms with van der Waals surface area (Å²) >= 11 is 0. The lowest BCUT2D eigenvalue weighted by Crippen LogP contribution is -2.44. The van der Waals surface area contributed by atoms with Gasteiger partial charge in [0.1, 0.15) is 23.1 Å². The SMILES string of the molecule is CN1C[C@H]2C[C@H]1CN2c1cnc(Nc2cc(-c3cccc(-n4ncc5cc(C(C)(C)C)cc(F)c5c4=O)c3CO)nn(C)c2=O)cn1. The van der Waals surface area contributed by atoms with Gasteiger partial charge in [-0.3, -0.25) is 14.5 Å². The number of fused-ring (bicyclic) bond motifs is 3. The monoisotopic (exact) mass is 637 g/mol. The minimum absolute atomic E-state index is 0.0919. The summed E-state index contributed by atoms with van der Waals surface area (Å²) in [7, 11) is 3.67. The van der Waals surface area contributed by atoms with Gasteiger partial charge in [0.05, 0.1) is 42.0 Å². The average Bonchev–Trinajstić information content (AvgIpc) is 3.62. The van der Waals surface area contributed by atoms with Crippen molar-refractivity contribution in [2.24, 2.45) is 7.05 Å². The molecule has 0 amide bonds. The number of halogens is 1. The number of nitrogens with one attached hydrogen (secondary N) is 1. The van der Waals surface area contributed by atoms with Gasteiger partial charge in [-0.15, -0.1) is 0 Å². The summed E-state index contributed by atoms with van der Waals surface area (Å²) in [6.45, 7) is 7.34. The Bertz CT molecular complexity index is 2140. The Hall–Kier alpha value is -5.01. The molecule has 0 spiro atoms. The van der Waals surface area contributed by atoms with Crippen LogP contribution in [0.3, 0.4) is 0 Å². The van der Waals surface area contributed by atoms with Crippen LogP contribution in [0.15, 0.2) is 64.6 Å². The number of anilines is 3. The van der Waals surface area contributed by atoms with Gasteiger partial charge < -0.3 is 15.3 Å². The molecule has 0 radical (unpaired) electrons. The second kappa shape index (κ2) is 11.4. The van der Waals surface area contributed by atoms with Crippen molar-refractivity contribution in [3.63, 3.8) is 0 Å². The van der Waals surface area contributed by atoms with Gasteiger partial charge in [0.25, 0.3) is 11.1 Å². The number of aromatic nitrogens is 6. The number of likely N-dealkylation sites (N-methyl/N-ethyl adjacent to an activating group) is 1.